The molecule has 4 aromatic rings. The molecule has 0 fully saturated rings. The summed E-state index contributed by atoms with van der Waals surface area (Å²) in [7, 11) is 0. The van der Waals surface area contributed by atoms with Crippen LogP contribution in [-0.4, -0.2) is 35.5 Å². The molecule has 1 aromatic carbocycles. The molecule has 1 aliphatic rings. The molecule has 134 valence electrons. The smallest absolute Gasteiger partial charge is 0.226 e. The minimum atomic E-state index is -0.0257. The number of hydrogen-bond donors (Lipinski definition) is 1. The third kappa shape index (κ3) is 2.41. The Bertz CT molecular complexity index is 1190. The first-order valence-corrected chi connectivity index (χ1v) is 8.74. The van der Waals surface area contributed by atoms with Gasteiger partial charge in [-0.25, -0.2) is 0 Å². The first-order chi connectivity index (χ1) is 13.1. The number of amides is 1. The van der Waals surface area contributed by atoms with E-state index in [1.807, 2.05) is 31.2 Å². The van der Waals surface area contributed by atoms with Gasteiger partial charge >= 0.3 is 0 Å². The lowest BCUT2D eigenvalue weighted by molar-refractivity contribution is -0.116. The lowest BCUT2D eigenvalue weighted by Gasteiger charge is -2.25. The van der Waals surface area contributed by atoms with Gasteiger partial charge in [-0.3, -0.25) is 4.79 Å². The van der Waals surface area contributed by atoms with E-state index >= 15 is 0 Å². The number of aromatic nitrogens is 6. The molecule has 1 N–H and O–H groups in total. The second kappa shape index (κ2) is 5.73. The summed E-state index contributed by atoms with van der Waals surface area (Å²) in [5.41, 5.74) is 4.88. The molecule has 27 heavy (non-hydrogen) atoms. The quantitative estimate of drug-likeness (QED) is 0.593. The molecule has 1 aliphatic heterocycles. The van der Waals surface area contributed by atoms with Gasteiger partial charge in [-0.15, -0.1) is 15.3 Å². The molecular weight excluding hydrogens is 342 g/mol. The number of nitrogens with zero attached hydrogens (tertiary/aromatic N) is 6. The largest absolute Gasteiger partial charge is 0.310 e. The number of rotatable bonds is 2. The molecule has 8 heteroatoms. The first-order valence-electron chi connectivity index (χ1n) is 8.74. The van der Waals surface area contributed by atoms with E-state index in [1.165, 1.54) is 11.9 Å². The van der Waals surface area contributed by atoms with Crippen LogP contribution in [0.15, 0.2) is 42.7 Å². The summed E-state index contributed by atoms with van der Waals surface area (Å²) in [4.78, 5) is 12.5. The summed E-state index contributed by atoms with van der Waals surface area (Å²) in [6, 6.07) is 11.8. The maximum atomic E-state index is 12.5. The average molecular weight is 359 g/mol. The predicted molar refractivity (Wildman–Crippen MR) is 98.9 cm³/mol. The fourth-order valence-corrected chi connectivity index (χ4v) is 3.79. The number of nitrogens with one attached hydrogen (secondary N) is 1. The van der Waals surface area contributed by atoms with E-state index in [-0.39, 0.29) is 11.8 Å². The highest BCUT2D eigenvalue weighted by Crippen LogP contribution is 2.40. The van der Waals surface area contributed by atoms with Crippen LogP contribution < -0.4 is 5.32 Å². The summed E-state index contributed by atoms with van der Waals surface area (Å²) < 4.78 is 3.27. The third-order valence-electron chi connectivity index (χ3n) is 5.03. The van der Waals surface area contributed by atoms with Crippen LogP contribution in [0.25, 0.3) is 11.5 Å². The van der Waals surface area contributed by atoms with E-state index in [4.69, 9.17) is 0 Å². The molecule has 0 unspecified atom stereocenters. The van der Waals surface area contributed by atoms with E-state index in [9.17, 15) is 4.79 Å². The molecule has 0 bridgehead atoms. The molecule has 1 atom stereocenters. The van der Waals surface area contributed by atoms with Crippen LogP contribution in [-0.2, 0) is 4.79 Å². The molecule has 0 aliphatic carbocycles. The second-order valence-corrected chi connectivity index (χ2v) is 6.75. The maximum absolute atomic E-state index is 12.5. The Balaban J connectivity index is 1.70. The Kier molecular flexibility index (Phi) is 3.33. The van der Waals surface area contributed by atoms with Gasteiger partial charge in [0.1, 0.15) is 12.1 Å². The van der Waals surface area contributed by atoms with Crippen molar-refractivity contribution in [2.24, 2.45) is 0 Å². The van der Waals surface area contributed by atoms with Gasteiger partial charge in [0.05, 0.1) is 5.69 Å². The molecule has 3 aromatic heterocycles. The first kappa shape index (κ1) is 15.7. The van der Waals surface area contributed by atoms with Crippen molar-refractivity contribution in [2.75, 3.05) is 5.32 Å². The highest BCUT2D eigenvalue weighted by molar-refractivity contribution is 5.95. The zero-order chi connectivity index (χ0) is 18.5. The van der Waals surface area contributed by atoms with Crippen molar-refractivity contribution in [2.45, 2.75) is 26.2 Å². The Hall–Kier alpha value is -3.55. The van der Waals surface area contributed by atoms with Crippen molar-refractivity contribution < 1.29 is 4.79 Å². The zero-order valence-corrected chi connectivity index (χ0v) is 14.9. The van der Waals surface area contributed by atoms with Crippen molar-refractivity contribution in [1.29, 1.82) is 0 Å². The number of fused-ring (bicyclic) bond motifs is 2. The van der Waals surface area contributed by atoms with Gasteiger partial charge in [0.25, 0.3) is 0 Å². The van der Waals surface area contributed by atoms with Crippen molar-refractivity contribution in [3.05, 3.63) is 65.1 Å². The van der Waals surface area contributed by atoms with E-state index in [0.29, 0.717) is 23.7 Å². The molecule has 1 amide bonds. The van der Waals surface area contributed by atoms with Crippen LogP contribution in [0.5, 0.6) is 0 Å². The van der Waals surface area contributed by atoms with E-state index < -0.39 is 0 Å². The van der Waals surface area contributed by atoms with Gasteiger partial charge in [0.2, 0.25) is 5.91 Å². The summed E-state index contributed by atoms with van der Waals surface area (Å²) >= 11 is 0. The maximum Gasteiger partial charge on any atom is 0.226 e. The van der Waals surface area contributed by atoms with Gasteiger partial charge in [0, 0.05) is 17.9 Å². The van der Waals surface area contributed by atoms with Crippen LogP contribution in [0, 0.1) is 13.8 Å². The van der Waals surface area contributed by atoms with E-state index in [0.717, 1.165) is 16.8 Å². The summed E-state index contributed by atoms with van der Waals surface area (Å²) in [5, 5.41) is 20.0. The van der Waals surface area contributed by atoms with E-state index in [1.54, 1.807) is 9.20 Å². The summed E-state index contributed by atoms with van der Waals surface area (Å²) in [6.07, 6.45) is 1.94. The minimum Gasteiger partial charge on any atom is -0.310 e. The van der Waals surface area contributed by atoms with Gasteiger partial charge < -0.3 is 5.32 Å². The fourth-order valence-electron chi connectivity index (χ4n) is 3.79. The molecule has 0 radical (unpaired) electrons. The summed E-state index contributed by atoms with van der Waals surface area (Å²) in [6.45, 7) is 4.04. The van der Waals surface area contributed by atoms with Gasteiger partial charge in [-0.05, 0) is 37.1 Å². The fraction of sp³-hybridized carbons (Fsp3) is 0.211. The SMILES string of the molecule is Cc1ccccc1[C@@H]1CC(=O)Nc2c1c(C)nn2-c1ccc2nncn2n1. The average Bonchev–Trinajstić information content (AvgIpc) is 3.25. The molecule has 5 rings (SSSR count). The van der Waals surface area contributed by atoms with Gasteiger partial charge in [0.15, 0.2) is 11.5 Å². The number of carbonyl (C=O) groups is 1. The third-order valence-corrected chi connectivity index (χ3v) is 5.03. The highest BCUT2D eigenvalue weighted by Gasteiger charge is 2.33. The number of benzene rings is 1. The number of carbonyl (C=O) groups excluding carboxylic acids is 1. The zero-order valence-electron chi connectivity index (χ0n) is 14.9. The number of aryl methyl sites for hydroxylation is 2. The van der Waals surface area contributed by atoms with Crippen LogP contribution >= 0.6 is 0 Å². The van der Waals surface area contributed by atoms with Crippen LogP contribution in [0.2, 0.25) is 0 Å². The van der Waals surface area contributed by atoms with E-state index in [2.05, 4.69) is 44.8 Å². The van der Waals surface area contributed by atoms with Crippen molar-refractivity contribution in [1.82, 2.24) is 29.6 Å². The monoisotopic (exact) mass is 359 g/mol. The predicted octanol–water partition coefficient (Wildman–Crippen LogP) is 2.40. The molecule has 8 nitrogen and oxygen atoms in total. The standard InChI is InChI=1S/C19H17N7O/c1-11-5-3-4-6-13(11)14-9-17(27)21-19-18(14)12(2)23-26(19)16-8-7-15-22-20-10-25(15)24-16/h3-8,10,14H,9H2,1-2H3,(H,21,27)/t14-/m0/s1. The number of hydrogen-bond acceptors (Lipinski definition) is 5. The van der Waals surface area contributed by atoms with Crippen LogP contribution in [0.3, 0.4) is 0 Å². The molecular formula is C19H17N7O. The van der Waals surface area contributed by atoms with Crippen molar-refractivity contribution in [3.63, 3.8) is 0 Å². The molecule has 0 spiro atoms. The second-order valence-electron chi connectivity index (χ2n) is 6.75. The van der Waals surface area contributed by atoms with Crippen molar-refractivity contribution in [3.8, 4) is 5.82 Å². The molecule has 0 saturated heterocycles. The highest BCUT2D eigenvalue weighted by atomic mass is 16.1. The Morgan fingerprint density at radius 1 is 1.11 bits per heavy atom. The summed E-state index contributed by atoms with van der Waals surface area (Å²) in [5.74, 6) is 1.22. The lowest BCUT2D eigenvalue weighted by atomic mass is 9.84. The van der Waals surface area contributed by atoms with Gasteiger partial charge in [-0.2, -0.15) is 14.3 Å². The Labute approximate surface area is 154 Å². The normalized spacial score (nSPS) is 16.4. The lowest BCUT2D eigenvalue weighted by Crippen LogP contribution is -2.25. The van der Waals surface area contributed by atoms with Crippen LogP contribution in [0.4, 0.5) is 5.82 Å². The van der Waals surface area contributed by atoms with Gasteiger partial charge in [-0.1, -0.05) is 24.3 Å². The number of anilines is 1. The molecule has 0 saturated carbocycles. The van der Waals surface area contributed by atoms with Crippen LogP contribution in [0.1, 0.15) is 34.7 Å². The molecule has 4 heterocycles. The minimum absolute atomic E-state index is 0.0256. The topological polar surface area (TPSA) is 90.0 Å². The Morgan fingerprint density at radius 2 is 1.96 bits per heavy atom. The Morgan fingerprint density at radius 3 is 2.81 bits per heavy atom. The van der Waals surface area contributed by atoms with Crippen molar-refractivity contribution >= 4 is 17.4 Å².